The molecule has 0 radical (unpaired) electrons. The molecule has 0 aromatic heterocycles. The van der Waals surface area contributed by atoms with Crippen molar-refractivity contribution in [3.05, 3.63) is 29.8 Å². The molecule has 0 atom stereocenters. The zero-order chi connectivity index (χ0) is 10.3. The van der Waals surface area contributed by atoms with Crippen LogP contribution in [0.15, 0.2) is 34.3 Å². The van der Waals surface area contributed by atoms with Crippen molar-refractivity contribution < 1.29 is 0 Å². The van der Waals surface area contributed by atoms with Crippen LogP contribution in [0.3, 0.4) is 0 Å². The van der Waals surface area contributed by atoms with Crippen molar-refractivity contribution >= 4 is 28.5 Å². The summed E-state index contributed by atoms with van der Waals surface area (Å²) in [7, 11) is 0. The number of thioether (sulfide) groups is 1. The number of hydrogen-bond donors (Lipinski definition) is 0. The molecule has 1 aromatic carbocycles. The Kier molecular flexibility index (Phi) is 2.02. The van der Waals surface area contributed by atoms with Crippen LogP contribution in [0.2, 0.25) is 0 Å². The Hall–Kier alpha value is -1.29. The van der Waals surface area contributed by atoms with Crippen LogP contribution in [0.4, 0.5) is 5.69 Å². The average molecular weight is 217 g/mol. The molecule has 4 heteroatoms. The van der Waals surface area contributed by atoms with Gasteiger partial charge in [0, 0.05) is 12.1 Å². The normalized spacial score (nSPS) is 18.1. The first-order valence-electron chi connectivity index (χ1n) is 4.94. The molecule has 2 aliphatic heterocycles. The smallest absolute Gasteiger partial charge is 0.169 e. The highest BCUT2D eigenvalue weighted by atomic mass is 32.2. The summed E-state index contributed by atoms with van der Waals surface area (Å²) < 4.78 is 0. The number of fused-ring (bicyclic) bond motifs is 3. The van der Waals surface area contributed by atoms with E-state index >= 15 is 0 Å². The van der Waals surface area contributed by atoms with E-state index in [0.29, 0.717) is 0 Å². The minimum absolute atomic E-state index is 0.878. The summed E-state index contributed by atoms with van der Waals surface area (Å²) in [6.45, 7) is 1.84. The molecule has 3 rings (SSSR count). The monoisotopic (exact) mass is 217 g/mol. The van der Waals surface area contributed by atoms with Crippen LogP contribution in [0.5, 0.6) is 0 Å². The van der Waals surface area contributed by atoms with Gasteiger partial charge in [-0.1, -0.05) is 23.9 Å². The van der Waals surface area contributed by atoms with Gasteiger partial charge in [0.25, 0.3) is 0 Å². The van der Waals surface area contributed by atoms with Gasteiger partial charge in [-0.3, -0.25) is 4.99 Å². The number of para-hydroxylation sites is 1. The predicted octanol–water partition coefficient (Wildman–Crippen LogP) is 2.11. The molecule has 0 saturated carbocycles. The number of amidine groups is 2. The molecule has 0 amide bonds. The van der Waals surface area contributed by atoms with Crippen molar-refractivity contribution in [2.75, 3.05) is 19.3 Å². The molecular formula is C11H11N3S. The largest absolute Gasteiger partial charge is 0.303 e. The molecule has 0 aliphatic carbocycles. The molecule has 76 valence electrons. The molecule has 2 aliphatic rings. The minimum Gasteiger partial charge on any atom is -0.303 e. The van der Waals surface area contributed by atoms with Crippen molar-refractivity contribution in [2.24, 2.45) is 9.98 Å². The van der Waals surface area contributed by atoms with E-state index < -0.39 is 0 Å². The Morgan fingerprint density at radius 2 is 2.20 bits per heavy atom. The summed E-state index contributed by atoms with van der Waals surface area (Å²) in [5.74, 6) is 1.09. The number of hydrogen-bond acceptors (Lipinski definition) is 4. The van der Waals surface area contributed by atoms with Gasteiger partial charge in [-0.25, -0.2) is 4.99 Å². The van der Waals surface area contributed by atoms with E-state index in [-0.39, 0.29) is 0 Å². The van der Waals surface area contributed by atoms with Crippen molar-refractivity contribution in [3.63, 3.8) is 0 Å². The van der Waals surface area contributed by atoms with Crippen LogP contribution in [0.1, 0.15) is 5.56 Å². The second-order valence-corrected chi connectivity index (χ2v) is 4.25. The highest BCUT2D eigenvalue weighted by Gasteiger charge is 2.28. The molecule has 0 unspecified atom stereocenters. The fourth-order valence-electron chi connectivity index (χ4n) is 1.94. The van der Waals surface area contributed by atoms with E-state index in [2.05, 4.69) is 27.2 Å². The van der Waals surface area contributed by atoms with Crippen LogP contribution in [0, 0.1) is 0 Å². The number of aliphatic imine (C=N–C) groups is 2. The van der Waals surface area contributed by atoms with Gasteiger partial charge in [0.15, 0.2) is 5.17 Å². The lowest BCUT2D eigenvalue weighted by molar-refractivity contribution is 0.674. The SMILES string of the molecule is CSC1=Nc2ccccc2C2=NCCN12. The standard InChI is InChI=1S/C11H11N3S/c1-15-11-13-9-5-3-2-4-8(9)10-12-6-7-14(10)11/h2-5H,6-7H2,1H3. The molecule has 0 saturated heterocycles. The molecule has 15 heavy (non-hydrogen) atoms. The van der Waals surface area contributed by atoms with Crippen molar-refractivity contribution in [2.45, 2.75) is 0 Å². The van der Waals surface area contributed by atoms with Crippen molar-refractivity contribution in [1.82, 2.24) is 4.90 Å². The summed E-state index contributed by atoms with van der Waals surface area (Å²) in [6.07, 6.45) is 2.06. The molecular weight excluding hydrogens is 206 g/mol. The number of rotatable bonds is 0. The first-order chi connectivity index (χ1) is 7.40. The third-order valence-electron chi connectivity index (χ3n) is 2.62. The van der Waals surface area contributed by atoms with E-state index in [1.54, 1.807) is 11.8 Å². The highest BCUT2D eigenvalue weighted by molar-refractivity contribution is 8.13. The summed E-state index contributed by atoms with van der Waals surface area (Å²) in [6, 6.07) is 8.19. The van der Waals surface area contributed by atoms with Gasteiger partial charge in [-0.05, 0) is 18.4 Å². The first kappa shape index (κ1) is 8.97. The maximum Gasteiger partial charge on any atom is 0.169 e. The van der Waals surface area contributed by atoms with Gasteiger partial charge >= 0.3 is 0 Å². The van der Waals surface area contributed by atoms with Gasteiger partial charge < -0.3 is 4.90 Å². The number of nitrogens with zero attached hydrogens (tertiary/aromatic N) is 3. The van der Waals surface area contributed by atoms with Gasteiger partial charge in [0.05, 0.1) is 12.2 Å². The Balaban J connectivity index is 2.20. The molecule has 0 fully saturated rings. The maximum atomic E-state index is 4.63. The van der Waals surface area contributed by atoms with Crippen LogP contribution in [0.25, 0.3) is 0 Å². The highest BCUT2D eigenvalue weighted by Crippen LogP contribution is 2.30. The summed E-state index contributed by atoms with van der Waals surface area (Å²) in [5.41, 5.74) is 2.20. The molecule has 0 spiro atoms. The van der Waals surface area contributed by atoms with Crippen LogP contribution < -0.4 is 0 Å². The predicted molar refractivity (Wildman–Crippen MR) is 65.2 cm³/mol. The lowest BCUT2D eigenvalue weighted by atomic mass is 10.1. The van der Waals surface area contributed by atoms with Crippen LogP contribution in [-0.4, -0.2) is 35.2 Å². The van der Waals surface area contributed by atoms with E-state index in [1.165, 1.54) is 0 Å². The second kappa shape index (κ2) is 3.38. The van der Waals surface area contributed by atoms with Gasteiger partial charge in [-0.2, -0.15) is 0 Å². The molecule has 0 N–H and O–H groups in total. The second-order valence-electron chi connectivity index (χ2n) is 3.47. The Morgan fingerprint density at radius 3 is 3.07 bits per heavy atom. The summed E-state index contributed by atoms with van der Waals surface area (Å²) in [4.78, 5) is 11.4. The van der Waals surface area contributed by atoms with E-state index in [1.807, 2.05) is 18.2 Å². The average Bonchev–Trinajstić information content (AvgIpc) is 2.77. The van der Waals surface area contributed by atoms with E-state index in [4.69, 9.17) is 0 Å². The zero-order valence-electron chi connectivity index (χ0n) is 8.47. The Morgan fingerprint density at radius 1 is 1.33 bits per heavy atom. The van der Waals surface area contributed by atoms with Crippen LogP contribution in [-0.2, 0) is 0 Å². The van der Waals surface area contributed by atoms with E-state index in [0.717, 1.165) is 35.3 Å². The lowest BCUT2D eigenvalue weighted by Gasteiger charge is -2.25. The Labute approximate surface area is 92.9 Å². The third-order valence-corrected chi connectivity index (χ3v) is 3.29. The molecule has 0 bridgehead atoms. The third kappa shape index (κ3) is 1.28. The van der Waals surface area contributed by atoms with Gasteiger partial charge in [0.2, 0.25) is 0 Å². The Bertz CT molecular complexity index is 465. The molecule has 1 aromatic rings. The zero-order valence-corrected chi connectivity index (χ0v) is 9.29. The van der Waals surface area contributed by atoms with Crippen LogP contribution >= 0.6 is 11.8 Å². The van der Waals surface area contributed by atoms with Gasteiger partial charge in [0.1, 0.15) is 5.84 Å². The lowest BCUT2D eigenvalue weighted by Crippen LogP contribution is -2.35. The summed E-state index contributed by atoms with van der Waals surface area (Å²) in [5, 5.41) is 1.06. The quantitative estimate of drug-likeness (QED) is 0.665. The summed E-state index contributed by atoms with van der Waals surface area (Å²) >= 11 is 1.68. The fraction of sp³-hybridized carbons (Fsp3) is 0.273. The van der Waals surface area contributed by atoms with Crippen molar-refractivity contribution in [1.29, 1.82) is 0 Å². The molecule has 3 nitrogen and oxygen atoms in total. The number of benzene rings is 1. The fourth-order valence-corrected chi connectivity index (χ4v) is 2.53. The topological polar surface area (TPSA) is 28.0 Å². The maximum absolute atomic E-state index is 4.63. The first-order valence-corrected chi connectivity index (χ1v) is 6.16. The van der Waals surface area contributed by atoms with E-state index in [9.17, 15) is 0 Å². The van der Waals surface area contributed by atoms with Crippen molar-refractivity contribution in [3.8, 4) is 0 Å². The molecule has 2 heterocycles. The minimum atomic E-state index is 0.878. The van der Waals surface area contributed by atoms with Gasteiger partial charge in [-0.15, -0.1) is 0 Å².